The number of furan rings is 1. The standard InChI is InChI=1S/C23H25N3O2/c1-16-14-22(26-12-4-3-5-13-26)25-21-10-7-18(15-20(16)21)24-23(27)11-9-19-8-6-17(2)28-19/h6-11,14-15H,3-5,12-13H2,1-2H3,(H,24,27). The van der Waals surface area contributed by atoms with E-state index in [9.17, 15) is 4.79 Å². The highest BCUT2D eigenvalue weighted by molar-refractivity contribution is 6.03. The molecule has 0 aliphatic carbocycles. The summed E-state index contributed by atoms with van der Waals surface area (Å²) < 4.78 is 5.44. The number of benzene rings is 1. The number of rotatable bonds is 4. The summed E-state index contributed by atoms with van der Waals surface area (Å²) >= 11 is 0. The van der Waals surface area contributed by atoms with E-state index in [2.05, 4.69) is 23.2 Å². The molecule has 1 saturated heterocycles. The molecule has 0 spiro atoms. The van der Waals surface area contributed by atoms with E-state index >= 15 is 0 Å². The molecule has 1 aliphatic rings. The van der Waals surface area contributed by atoms with E-state index < -0.39 is 0 Å². The van der Waals surface area contributed by atoms with E-state index in [0.717, 1.165) is 41.3 Å². The number of nitrogens with zero attached hydrogens (tertiary/aromatic N) is 2. The van der Waals surface area contributed by atoms with Gasteiger partial charge in [-0.3, -0.25) is 4.79 Å². The monoisotopic (exact) mass is 375 g/mol. The van der Waals surface area contributed by atoms with Crippen LogP contribution in [0.5, 0.6) is 0 Å². The molecular weight excluding hydrogens is 350 g/mol. The Hall–Kier alpha value is -3.08. The van der Waals surface area contributed by atoms with Gasteiger partial charge < -0.3 is 14.6 Å². The fourth-order valence-corrected chi connectivity index (χ4v) is 3.62. The van der Waals surface area contributed by atoms with Gasteiger partial charge in [0.25, 0.3) is 0 Å². The molecule has 3 aromatic rings. The van der Waals surface area contributed by atoms with Crippen molar-refractivity contribution in [2.75, 3.05) is 23.3 Å². The molecule has 0 unspecified atom stereocenters. The number of aryl methyl sites for hydroxylation is 2. The Balaban J connectivity index is 1.51. The molecule has 1 aromatic carbocycles. The van der Waals surface area contributed by atoms with Crippen molar-refractivity contribution >= 4 is 34.4 Å². The molecule has 3 heterocycles. The van der Waals surface area contributed by atoms with Gasteiger partial charge in [0.1, 0.15) is 17.3 Å². The predicted octanol–water partition coefficient (Wildman–Crippen LogP) is 5.09. The molecule has 0 saturated carbocycles. The first-order chi connectivity index (χ1) is 13.6. The Bertz CT molecular complexity index is 1030. The summed E-state index contributed by atoms with van der Waals surface area (Å²) in [6, 6.07) is 11.7. The minimum atomic E-state index is -0.191. The highest BCUT2D eigenvalue weighted by Crippen LogP contribution is 2.27. The number of carbonyl (C=O) groups excluding carboxylic acids is 1. The fourth-order valence-electron chi connectivity index (χ4n) is 3.62. The molecule has 1 N–H and O–H groups in total. The molecule has 5 nitrogen and oxygen atoms in total. The van der Waals surface area contributed by atoms with Crippen LogP contribution >= 0.6 is 0 Å². The predicted molar refractivity (Wildman–Crippen MR) is 114 cm³/mol. The summed E-state index contributed by atoms with van der Waals surface area (Å²) in [5, 5.41) is 3.97. The SMILES string of the molecule is Cc1ccc(C=CC(=O)Nc2ccc3nc(N4CCCCC4)cc(C)c3c2)o1. The molecule has 2 aromatic heterocycles. The number of amides is 1. The molecule has 28 heavy (non-hydrogen) atoms. The summed E-state index contributed by atoms with van der Waals surface area (Å²) in [6.07, 6.45) is 6.91. The van der Waals surface area contributed by atoms with Crippen LogP contribution in [0.15, 0.2) is 46.9 Å². The van der Waals surface area contributed by atoms with Crippen LogP contribution < -0.4 is 10.2 Å². The molecule has 0 radical (unpaired) electrons. The molecule has 1 amide bonds. The number of hydrogen-bond acceptors (Lipinski definition) is 4. The summed E-state index contributed by atoms with van der Waals surface area (Å²) in [7, 11) is 0. The normalized spacial score (nSPS) is 14.7. The summed E-state index contributed by atoms with van der Waals surface area (Å²) in [5.74, 6) is 2.35. The Morgan fingerprint density at radius 3 is 2.68 bits per heavy atom. The van der Waals surface area contributed by atoms with Crippen LogP contribution in [0.1, 0.15) is 36.3 Å². The number of anilines is 2. The molecule has 0 atom stereocenters. The Morgan fingerprint density at radius 2 is 1.93 bits per heavy atom. The number of fused-ring (bicyclic) bond motifs is 1. The smallest absolute Gasteiger partial charge is 0.248 e. The summed E-state index contributed by atoms with van der Waals surface area (Å²) in [4.78, 5) is 19.4. The van der Waals surface area contributed by atoms with Crippen LogP contribution in [-0.4, -0.2) is 24.0 Å². The first-order valence-electron chi connectivity index (χ1n) is 9.80. The van der Waals surface area contributed by atoms with E-state index in [1.807, 2.05) is 37.3 Å². The maximum absolute atomic E-state index is 12.2. The number of hydrogen-bond donors (Lipinski definition) is 1. The van der Waals surface area contributed by atoms with Crippen molar-refractivity contribution < 1.29 is 9.21 Å². The van der Waals surface area contributed by atoms with Gasteiger partial charge >= 0.3 is 0 Å². The van der Waals surface area contributed by atoms with Gasteiger partial charge in [-0.25, -0.2) is 4.98 Å². The van der Waals surface area contributed by atoms with Crippen molar-refractivity contribution in [3.8, 4) is 0 Å². The van der Waals surface area contributed by atoms with Crippen LogP contribution in [0.2, 0.25) is 0 Å². The fraction of sp³-hybridized carbons (Fsp3) is 0.304. The molecule has 4 rings (SSSR count). The topological polar surface area (TPSA) is 58.4 Å². The Labute approximate surface area is 165 Å². The zero-order valence-electron chi connectivity index (χ0n) is 16.4. The lowest BCUT2D eigenvalue weighted by molar-refractivity contribution is -0.111. The molecule has 144 valence electrons. The second kappa shape index (κ2) is 7.89. The van der Waals surface area contributed by atoms with Crippen LogP contribution in [-0.2, 0) is 4.79 Å². The quantitative estimate of drug-likeness (QED) is 0.646. The van der Waals surface area contributed by atoms with E-state index in [-0.39, 0.29) is 5.91 Å². The second-order valence-corrected chi connectivity index (χ2v) is 7.35. The molecular formula is C23H25N3O2. The van der Waals surface area contributed by atoms with Crippen molar-refractivity contribution in [1.82, 2.24) is 4.98 Å². The second-order valence-electron chi connectivity index (χ2n) is 7.35. The molecule has 1 aliphatic heterocycles. The van der Waals surface area contributed by atoms with Crippen molar-refractivity contribution in [3.05, 3.63) is 59.6 Å². The minimum Gasteiger partial charge on any atom is -0.462 e. The number of piperidine rings is 1. The first-order valence-corrected chi connectivity index (χ1v) is 9.80. The average Bonchev–Trinajstić information content (AvgIpc) is 3.13. The average molecular weight is 375 g/mol. The highest BCUT2D eigenvalue weighted by Gasteiger charge is 2.14. The number of aromatic nitrogens is 1. The molecule has 1 fully saturated rings. The number of nitrogens with one attached hydrogen (secondary N) is 1. The van der Waals surface area contributed by atoms with Crippen molar-refractivity contribution in [3.63, 3.8) is 0 Å². The van der Waals surface area contributed by atoms with Gasteiger partial charge in [-0.05, 0) is 81.1 Å². The van der Waals surface area contributed by atoms with E-state index in [1.54, 1.807) is 6.08 Å². The van der Waals surface area contributed by atoms with Crippen molar-refractivity contribution in [2.45, 2.75) is 33.1 Å². The van der Waals surface area contributed by atoms with Gasteiger partial charge in [0.05, 0.1) is 5.52 Å². The lowest BCUT2D eigenvalue weighted by atomic mass is 10.1. The lowest BCUT2D eigenvalue weighted by Gasteiger charge is -2.28. The lowest BCUT2D eigenvalue weighted by Crippen LogP contribution is -2.30. The number of carbonyl (C=O) groups is 1. The van der Waals surface area contributed by atoms with Gasteiger partial charge in [0.2, 0.25) is 5.91 Å². The van der Waals surface area contributed by atoms with Gasteiger partial charge in [-0.1, -0.05) is 0 Å². The third kappa shape index (κ3) is 4.09. The van der Waals surface area contributed by atoms with Crippen LogP contribution in [0.3, 0.4) is 0 Å². The van der Waals surface area contributed by atoms with E-state index in [0.29, 0.717) is 5.76 Å². The van der Waals surface area contributed by atoms with Crippen molar-refractivity contribution in [1.29, 1.82) is 0 Å². The number of pyridine rings is 1. The van der Waals surface area contributed by atoms with Crippen LogP contribution in [0.25, 0.3) is 17.0 Å². The largest absolute Gasteiger partial charge is 0.462 e. The third-order valence-corrected chi connectivity index (χ3v) is 5.11. The highest BCUT2D eigenvalue weighted by atomic mass is 16.3. The maximum Gasteiger partial charge on any atom is 0.248 e. The van der Waals surface area contributed by atoms with Gasteiger partial charge in [0.15, 0.2) is 0 Å². The zero-order valence-corrected chi connectivity index (χ0v) is 16.4. The summed E-state index contributed by atoms with van der Waals surface area (Å²) in [5.41, 5.74) is 2.89. The van der Waals surface area contributed by atoms with Gasteiger partial charge in [0, 0.05) is 30.2 Å². The van der Waals surface area contributed by atoms with E-state index in [4.69, 9.17) is 9.40 Å². The molecule has 0 bridgehead atoms. The van der Waals surface area contributed by atoms with Gasteiger partial charge in [-0.15, -0.1) is 0 Å². The summed E-state index contributed by atoms with van der Waals surface area (Å²) in [6.45, 7) is 6.13. The van der Waals surface area contributed by atoms with E-state index in [1.165, 1.54) is 30.9 Å². The van der Waals surface area contributed by atoms with Gasteiger partial charge in [-0.2, -0.15) is 0 Å². The van der Waals surface area contributed by atoms with Crippen LogP contribution in [0.4, 0.5) is 11.5 Å². The zero-order chi connectivity index (χ0) is 19.5. The van der Waals surface area contributed by atoms with Crippen LogP contribution in [0, 0.1) is 13.8 Å². The minimum absolute atomic E-state index is 0.191. The third-order valence-electron chi connectivity index (χ3n) is 5.11. The maximum atomic E-state index is 12.2. The Kier molecular flexibility index (Phi) is 5.15. The van der Waals surface area contributed by atoms with Crippen molar-refractivity contribution in [2.24, 2.45) is 0 Å². The first kappa shape index (κ1) is 18.3. The molecule has 5 heteroatoms. The Morgan fingerprint density at radius 1 is 1.11 bits per heavy atom.